The largest absolute Gasteiger partial charge is 0.353 e. The van der Waals surface area contributed by atoms with Crippen molar-refractivity contribution in [3.63, 3.8) is 0 Å². The van der Waals surface area contributed by atoms with E-state index in [1.165, 1.54) is 22.2 Å². The van der Waals surface area contributed by atoms with Crippen LogP contribution in [0.15, 0.2) is 72.8 Å². The van der Waals surface area contributed by atoms with Gasteiger partial charge in [0.1, 0.15) is 11.4 Å². The van der Waals surface area contributed by atoms with E-state index in [0.717, 1.165) is 50.5 Å². The first-order valence-electron chi connectivity index (χ1n) is 11.5. The lowest BCUT2D eigenvalue weighted by Gasteiger charge is -2.35. The number of nitro groups is 1. The van der Waals surface area contributed by atoms with Crippen LogP contribution < -0.4 is 10.2 Å². The molecule has 35 heavy (non-hydrogen) atoms. The van der Waals surface area contributed by atoms with Gasteiger partial charge in [-0.15, -0.1) is 0 Å². The summed E-state index contributed by atoms with van der Waals surface area (Å²) >= 11 is 1.55. The molecule has 8 nitrogen and oxygen atoms in total. The molecule has 178 valence electrons. The van der Waals surface area contributed by atoms with Crippen LogP contribution in [0, 0.1) is 10.1 Å². The van der Waals surface area contributed by atoms with Crippen LogP contribution in [0.3, 0.4) is 0 Å². The maximum atomic E-state index is 12.6. The number of benzene rings is 3. The number of rotatable bonds is 7. The second-order valence-electron chi connectivity index (χ2n) is 8.51. The molecule has 2 heterocycles. The molecule has 0 radical (unpaired) electrons. The second kappa shape index (κ2) is 10.2. The van der Waals surface area contributed by atoms with E-state index in [1.807, 2.05) is 24.3 Å². The summed E-state index contributed by atoms with van der Waals surface area (Å²) in [6.07, 6.45) is 0.856. The van der Waals surface area contributed by atoms with Crippen molar-refractivity contribution in [2.45, 2.75) is 6.42 Å². The number of carbonyl (C=O) groups excluding carboxylic acids is 1. The van der Waals surface area contributed by atoms with E-state index in [0.29, 0.717) is 5.69 Å². The van der Waals surface area contributed by atoms with Gasteiger partial charge in [0.15, 0.2) is 0 Å². The third kappa shape index (κ3) is 5.16. The van der Waals surface area contributed by atoms with Crippen molar-refractivity contribution in [3.8, 4) is 0 Å². The van der Waals surface area contributed by atoms with Crippen molar-refractivity contribution >= 4 is 44.7 Å². The number of aromatic nitrogens is 1. The van der Waals surface area contributed by atoms with Gasteiger partial charge < -0.3 is 10.2 Å². The highest BCUT2D eigenvalue weighted by Gasteiger charge is 2.21. The maximum absolute atomic E-state index is 12.6. The number of hydrogen-bond acceptors (Lipinski definition) is 7. The molecule has 0 atom stereocenters. The smallest absolute Gasteiger partial charge is 0.282 e. The number of anilines is 2. The van der Waals surface area contributed by atoms with Crippen molar-refractivity contribution < 1.29 is 9.72 Å². The minimum absolute atomic E-state index is 0.0497. The Morgan fingerprint density at radius 1 is 1.00 bits per heavy atom. The fourth-order valence-electron chi connectivity index (χ4n) is 4.40. The van der Waals surface area contributed by atoms with Crippen LogP contribution in [0.25, 0.3) is 10.1 Å². The van der Waals surface area contributed by atoms with Crippen molar-refractivity contribution in [2.75, 3.05) is 42.9 Å². The Morgan fingerprint density at radius 2 is 1.77 bits per heavy atom. The average molecular weight is 488 g/mol. The molecule has 1 saturated heterocycles. The highest BCUT2D eigenvalue weighted by Crippen LogP contribution is 2.30. The molecule has 0 unspecified atom stereocenters. The Balaban J connectivity index is 1.16. The molecular formula is C26H25N5O3S. The highest BCUT2D eigenvalue weighted by atomic mass is 32.1. The number of carbonyl (C=O) groups is 1. The van der Waals surface area contributed by atoms with E-state index in [2.05, 4.69) is 37.7 Å². The Labute approximate surface area is 207 Å². The van der Waals surface area contributed by atoms with Crippen LogP contribution in [0.5, 0.6) is 0 Å². The molecule has 0 bridgehead atoms. The Morgan fingerprint density at radius 3 is 2.60 bits per heavy atom. The predicted octanol–water partition coefficient (Wildman–Crippen LogP) is 4.82. The SMILES string of the molecule is O=C(Nc1cccc(CCN2CCN(c3nsc4ccccc34)CC2)c1)c1ccccc1[N+](=O)[O-]. The number of fused-ring (bicyclic) bond motifs is 1. The molecule has 5 rings (SSSR count). The van der Waals surface area contributed by atoms with E-state index in [4.69, 9.17) is 0 Å². The van der Waals surface area contributed by atoms with Gasteiger partial charge in [-0.3, -0.25) is 19.8 Å². The van der Waals surface area contributed by atoms with E-state index in [-0.39, 0.29) is 11.3 Å². The topological polar surface area (TPSA) is 91.6 Å². The standard InChI is InChI=1S/C26H25N5O3S/c32-26(21-8-1-3-10-23(21)31(33)34)27-20-7-5-6-19(18-20)12-13-29-14-16-30(17-15-29)25-22-9-2-4-11-24(22)35-28-25/h1-11,18H,12-17H2,(H,27,32). The number of para-hydroxylation sites is 1. The van der Waals surface area contributed by atoms with Crippen molar-refractivity contribution in [1.29, 1.82) is 0 Å². The molecule has 3 aromatic carbocycles. The van der Waals surface area contributed by atoms with Crippen molar-refractivity contribution in [3.05, 3.63) is 94.0 Å². The van der Waals surface area contributed by atoms with Crippen LogP contribution in [-0.2, 0) is 6.42 Å². The van der Waals surface area contributed by atoms with Gasteiger partial charge in [0.2, 0.25) is 0 Å². The number of piperazine rings is 1. The van der Waals surface area contributed by atoms with E-state index in [1.54, 1.807) is 29.7 Å². The lowest BCUT2D eigenvalue weighted by molar-refractivity contribution is -0.385. The molecule has 0 aliphatic carbocycles. The number of nitrogens with zero attached hydrogens (tertiary/aromatic N) is 4. The molecule has 1 aromatic heterocycles. The Bertz CT molecular complexity index is 1360. The summed E-state index contributed by atoms with van der Waals surface area (Å²) in [5.74, 6) is 0.604. The molecule has 1 N–H and O–H groups in total. The normalized spacial score (nSPS) is 14.2. The number of amides is 1. The van der Waals surface area contributed by atoms with Gasteiger partial charge in [-0.1, -0.05) is 36.4 Å². The molecule has 0 saturated carbocycles. The summed E-state index contributed by atoms with van der Waals surface area (Å²) in [5.41, 5.74) is 1.59. The first kappa shape index (κ1) is 22.9. The average Bonchev–Trinajstić information content (AvgIpc) is 3.32. The highest BCUT2D eigenvalue weighted by molar-refractivity contribution is 7.13. The van der Waals surface area contributed by atoms with E-state index < -0.39 is 10.8 Å². The molecule has 0 spiro atoms. The van der Waals surface area contributed by atoms with Crippen LogP contribution in [0.1, 0.15) is 15.9 Å². The summed E-state index contributed by atoms with van der Waals surface area (Å²) in [6.45, 7) is 4.76. The zero-order chi connectivity index (χ0) is 24.2. The predicted molar refractivity (Wildman–Crippen MR) is 139 cm³/mol. The number of nitro benzene ring substituents is 1. The molecule has 1 fully saturated rings. The zero-order valence-electron chi connectivity index (χ0n) is 19.1. The minimum atomic E-state index is -0.540. The summed E-state index contributed by atoms with van der Waals surface area (Å²) < 4.78 is 5.91. The van der Waals surface area contributed by atoms with Gasteiger partial charge >= 0.3 is 0 Å². The van der Waals surface area contributed by atoms with Crippen LogP contribution in [0.2, 0.25) is 0 Å². The molecule has 9 heteroatoms. The summed E-state index contributed by atoms with van der Waals surface area (Å²) in [7, 11) is 0. The third-order valence-electron chi connectivity index (χ3n) is 6.28. The molecular weight excluding hydrogens is 462 g/mol. The third-order valence-corrected chi connectivity index (χ3v) is 7.09. The van der Waals surface area contributed by atoms with Crippen LogP contribution in [0.4, 0.5) is 17.2 Å². The van der Waals surface area contributed by atoms with Crippen LogP contribution >= 0.6 is 11.5 Å². The minimum Gasteiger partial charge on any atom is -0.353 e. The summed E-state index contributed by atoms with van der Waals surface area (Å²) in [6, 6.07) is 22.0. The van der Waals surface area contributed by atoms with Crippen molar-refractivity contribution in [2.24, 2.45) is 0 Å². The van der Waals surface area contributed by atoms with Gasteiger partial charge in [-0.2, -0.15) is 4.37 Å². The molecule has 1 amide bonds. The first-order valence-corrected chi connectivity index (χ1v) is 12.3. The van der Waals surface area contributed by atoms with Gasteiger partial charge in [-0.05, 0) is 53.8 Å². The zero-order valence-corrected chi connectivity index (χ0v) is 19.9. The molecule has 1 aliphatic heterocycles. The van der Waals surface area contributed by atoms with E-state index >= 15 is 0 Å². The maximum Gasteiger partial charge on any atom is 0.282 e. The van der Waals surface area contributed by atoms with Gasteiger partial charge in [0.05, 0.1) is 9.62 Å². The van der Waals surface area contributed by atoms with Gasteiger partial charge in [0, 0.05) is 49.9 Å². The molecule has 4 aromatic rings. The fourth-order valence-corrected chi connectivity index (χ4v) is 5.19. The lowest BCUT2D eigenvalue weighted by atomic mass is 10.1. The first-order chi connectivity index (χ1) is 17.1. The quantitative estimate of drug-likeness (QED) is 0.297. The Hall–Kier alpha value is -3.82. The monoisotopic (exact) mass is 487 g/mol. The van der Waals surface area contributed by atoms with Gasteiger partial charge in [-0.25, -0.2) is 0 Å². The van der Waals surface area contributed by atoms with Crippen LogP contribution in [-0.4, -0.2) is 52.8 Å². The van der Waals surface area contributed by atoms with Gasteiger partial charge in [0.25, 0.3) is 11.6 Å². The summed E-state index contributed by atoms with van der Waals surface area (Å²) in [5, 5.41) is 15.3. The number of nitrogens with one attached hydrogen (secondary N) is 1. The van der Waals surface area contributed by atoms with E-state index in [9.17, 15) is 14.9 Å². The summed E-state index contributed by atoms with van der Waals surface area (Å²) in [4.78, 5) is 28.1. The lowest BCUT2D eigenvalue weighted by Crippen LogP contribution is -2.47. The molecule has 1 aliphatic rings. The number of hydrogen-bond donors (Lipinski definition) is 1. The second-order valence-corrected chi connectivity index (χ2v) is 9.31. The van der Waals surface area contributed by atoms with Crippen molar-refractivity contribution in [1.82, 2.24) is 9.27 Å². The fraction of sp³-hybridized carbons (Fsp3) is 0.231. The Kier molecular flexibility index (Phi) is 6.69.